The van der Waals surface area contributed by atoms with E-state index in [1.165, 1.54) is 6.20 Å². The lowest BCUT2D eigenvalue weighted by molar-refractivity contribution is -0.236. The first-order chi connectivity index (χ1) is 16.8. The first-order valence-corrected chi connectivity index (χ1v) is 12.8. The molecule has 1 fully saturated rings. The van der Waals surface area contributed by atoms with Gasteiger partial charge in [-0.1, -0.05) is 19.1 Å². The molecule has 0 radical (unpaired) electrons. The van der Waals surface area contributed by atoms with Crippen LogP contribution < -0.4 is 5.32 Å². The molecular formula is C25H30F3N3O3S. The van der Waals surface area contributed by atoms with Gasteiger partial charge < -0.3 is 15.2 Å². The molecule has 0 spiro atoms. The van der Waals surface area contributed by atoms with Crippen LogP contribution in [0.3, 0.4) is 0 Å². The maximum atomic E-state index is 12.9. The molecule has 3 atom stereocenters. The number of nitrogens with zero attached hydrogens (tertiary/aromatic N) is 2. The van der Waals surface area contributed by atoms with Crippen LogP contribution in [0.25, 0.3) is 0 Å². The Labute approximate surface area is 207 Å². The number of rotatable bonds is 8. The topological polar surface area (TPSA) is 74.7 Å². The molecule has 35 heavy (non-hydrogen) atoms. The van der Waals surface area contributed by atoms with Crippen molar-refractivity contribution in [3.63, 3.8) is 0 Å². The smallest absolute Gasteiger partial charge is 0.394 e. The Morgan fingerprint density at radius 3 is 2.69 bits per heavy atom. The van der Waals surface area contributed by atoms with Gasteiger partial charge in [-0.15, -0.1) is 11.8 Å². The number of benzene rings is 1. The van der Waals surface area contributed by atoms with Gasteiger partial charge in [-0.05, 0) is 53.8 Å². The van der Waals surface area contributed by atoms with Crippen LogP contribution in [-0.4, -0.2) is 58.7 Å². The number of hydrogen-bond donors (Lipinski definition) is 2. The molecule has 1 aromatic carbocycles. The summed E-state index contributed by atoms with van der Waals surface area (Å²) >= 11 is 1.72. The second-order valence-corrected chi connectivity index (χ2v) is 10.4. The van der Waals surface area contributed by atoms with Gasteiger partial charge in [-0.2, -0.15) is 13.2 Å². The van der Waals surface area contributed by atoms with E-state index in [1.54, 1.807) is 11.8 Å². The number of ether oxygens (including phenoxy) is 1. The summed E-state index contributed by atoms with van der Waals surface area (Å²) in [6, 6.07) is 9.05. The van der Waals surface area contributed by atoms with Gasteiger partial charge in [0.1, 0.15) is 0 Å². The van der Waals surface area contributed by atoms with Crippen LogP contribution in [0, 0.1) is 5.92 Å². The average Bonchev–Trinajstić information content (AvgIpc) is 3.24. The molecular weight excluding hydrogens is 479 g/mol. The van der Waals surface area contributed by atoms with Crippen molar-refractivity contribution < 1.29 is 27.8 Å². The number of aliphatic hydroxyl groups excluding tert-OH is 1. The molecule has 1 aromatic heterocycles. The van der Waals surface area contributed by atoms with Gasteiger partial charge in [0.15, 0.2) is 6.10 Å². The van der Waals surface area contributed by atoms with Gasteiger partial charge in [0.05, 0.1) is 30.5 Å². The summed E-state index contributed by atoms with van der Waals surface area (Å²) in [5.74, 6) is 0.691. The Kier molecular flexibility index (Phi) is 8.36. The molecule has 1 amide bonds. The van der Waals surface area contributed by atoms with Gasteiger partial charge in [0.2, 0.25) is 0 Å². The van der Waals surface area contributed by atoms with Crippen LogP contribution in [0.4, 0.5) is 13.2 Å². The summed E-state index contributed by atoms with van der Waals surface area (Å²) in [6.07, 6.45) is -3.97. The number of aromatic nitrogens is 1. The van der Waals surface area contributed by atoms with E-state index in [9.17, 15) is 23.1 Å². The van der Waals surface area contributed by atoms with Crippen LogP contribution in [-0.2, 0) is 17.8 Å². The Morgan fingerprint density at radius 1 is 1.29 bits per heavy atom. The van der Waals surface area contributed by atoms with Crippen molar-refractivity contribution >= 4 is 17.7 Å². The molecule has 0 saturated carbocycles. The Balaban J connectivity index is 1.32. The molecule has 0 bridgehead atoms. The van der Waals surface area contributed by atoms with Crippen molar-refractivity contribution in [1.29, 1.82) is 0 Å². The lowest BCUT2D eigenvalue weighted by Crippen LogP contribution is -2.40. The fourth-order valence-corrected chi connectivity index (χ4v) is 5.25. The number of halogens is 3. The summed E-state index contributed by atoms with van der Waals surface area (Å²) < 4.78 is 43.5. The first kappa shape index (κ1) is 25.9. The zero-order valence-corrected chi connectivity index (χ0v) is 20.4. The number of carbonyl (C=O) groups excluding carboxylic acids is 1. The zero-order chi connectivity index (χ0) is 25.0. The fourth-order valence-electron chi connectivity index (χ4n) is 4.59. The predicted molar refractivity (Wildman–Crippen MR) is 127 cm³/mol. The van der Waals surface area contributed by atoms with Gasteiger partial charge in [0, 0.05) is 30.7 Å². The minimum Gasteiger partial charge on any atom is -0.394 e. The number of fused-ring (bicyclic) bond motifs is 1. The monoisotopic (exact) mass is 509 g/mol. The van der Waals surface area contributed by atoms with Crippen molar-refractivity contribution in [2.75, 3.05) is 25.5 Å². The number of thioether (sulfide) groups is 1. The molecule has 190 valence electrons. The Morgan fingerprint density at radius 2 is 2.06 bits per heavy atom. The lowest BCUT2D eigenvalue weighted by Gasteiger charge is -2.32. The highest BCUT2D eigenvalue weighted by Crippen LogP contribution is 2.33. The van der Waals surface area contributed by atoms with E-state index in [1.807, 2.05) is 30.3 Å². The zero-order valence-electron chi connectivity index (χ0n) is 19.6. The molecule has 2 aromatic rings. The largest absolute Gasteiger partial charge is 0.414 e. The van der Waals surface area contributed by atoms with E-state index in [2.05, 4.69) is 22.1 Å². The van der Waals surface area contributed by atoms with E-state index in [4.69, 9.17) is 4.74 Å². The third-order valence-electron chi connectivity index (χ3n) is 6.42. The molecule has 2 N–H and O–H groups in total. The third kappa shape index (κ3) is 6.55. The molecule has 10 heteroatoms. The number of carbonyl (C=O) groups is 1. The third-order valence-corrected chi connectivity index (χ3v) is 7.32. The second-order valence-electron chi connectivity index (χ2n) is 9.02. The number of amides is 1. The van der Waals surface area contributed by atoms with Crippen molar-refractivity contribution in [3.05, 3.63) is 58.9 Å². The van der Waals surface area contributed by atoms with Gasteiger partial charge >= 0.3 is 6.18 Å². The number of pyridine rings is 1. The van der Waals surface area contributed by atoms with Crippen molar-refractivity contribution in [2.45, 2.75) is 56.1 Å². The molecule has 0 aliphatic carbocycles. The SMILES string of the molecule is CCSc1ccc(C(CO)NC(=O)c2cnc3c(c2)CN(CC2CCC(C(F)(F)F)OC2)C3)cc1. The highest BCUT2D eigenvalue weighted by molar-refractivity contribution is 7.99. The number of alkyl halides is 3. The summed E-state index contributed by atoms with van der Waals surface area (Å²) in [7, 11) is 0. The average molecular weight is 510 g/mol. The Bertz CT molecular complexity index is 1010. The van der Waals surface area contributed by atoms with Crippen molar-refractivity contribution in [2.24, 2.45) is 5.92 Å². The van der Waals surface area contributed by atoms with Crippen LogP contribution in [0.2, 0.25) is 0 Å². The molecule has 3 heterocycles. The van der Waals surface area contributed by atoms with Gasteiger partial charge in [-0.25, -0.2) is 0 Å². The second kappa shape index (κ2) is 11.3. The van der Waals surface area contributed by atoms with Crippen molar-refractivity contribution in [1.82, 2.24) is 15.2 Å². The highest BCUT2D eigenvalue weighted by atomic mass is 32.2. The standard InChI is InChI=1S/C25H30F3N3O3S/c1-2-35-20-6-4-17(5-7-20)22(14-32)30-24(33)18-9-19-12-31(13-21(19)29-10-18)11-16-3-8-23(34-15-16)25(26,27)28/h4-7,9-10,16,22-23,32H,2-3,8,11-15H2,1H3,(H,30,33). The van der Waals surface area contributed by atoms with Gasteiger partial charge in [-0.3, -0.25) is 14.7 Å². The van der Waals surface area contributed by atoms with Gasteiger partial charge in [0.25, 0.3) is 5.91 Å². The summed E-state index contributed by atoms with van der Waals surface area (Å²) in [5.41, 5.74) is 3.04. The van der Waals surface area contributed by atoms with E-state index in [0.29, 0.717) is 31.6 Å². The molecule has 2 aliphatic rings. The molecule has 1 saturated heterocycles. The fraction of sp³-hybridized carbons (Fsp3) is 0.520. The molecule has 6 nitrogen and oxygen atoms in total. The number of hydrogen-bond acceptors (Lipinski definition) is 6. The minimum absolute atomic E-state index is 0.0102. The number of aliphatic hydroxyl groups is 1. The maximum Gasteiger partial charge on any atom is 0.414 e. The van der Waals surface area contributed by atoms with Crippen molar-refractivity contribution in [3.8, 4) is 0 Å². The normalized spacial score (nSPS) is 21.5. The van der Waals surface area contributed by atoms with Crippen LogP contribution in [0.1, 0.15) is 53.0 Å². The first-order valence-electron chi connectivity index (χ1n) is 11.8. The summed E-state index contributed by atoms with van der Waals surface area (Å²) in [5, 5.41) is 12.7. The molecule has 2 aliphatic heterocycles. The predicted octanol–water partition coefficient (Wildman–Crippen LogP) is 4.33. The van der Waals surface area contributed by atoms with E-state index < -0.39 is 18.3 Å². The number of nitrogens with one attached hydrogen (secondary N) is 1. The van der Waals surface area contributed by atoms with E-state index >= 15 is 0 Å². The lowest BCUT2D eigenvalue weighted by atomic mass is 9.97. The molecule has 4 rings (SSSR count). The van der Waals surface area contributed by atoms with Crippen LogP contribution in [0.5, 0.6) is 0 Å². The Hall–Kier alpha value is -2.14. The highest BCUT2D eigenvalue weighted by Gasteiger charge is 2.43. The van der Waals surface area contributed by atoms with Crippen LogP contribution in [0.15, 0.2) is 41.4 Å². The van der Waals surface area contributed by atoms with E-state index in [0.717, 1.165) is 27.5 Å². The quantitative estimate of drug-likeness (QED) is 0.516. The summed E-state index contributed by atoms with van der Waals surface area (Å²) in [6.45, 7) is 3.76. The van der Waals surface area contributed by atoms with Crippen LogP contribution >= 0.6 is 11.8 Å². The molecule has 3 unspecified atom stereocenters. The minimum atomic E-state index is -4.30. The summed E-state index contributed by atoms with van der Waals surface area (Å²) in [4.78, 5) is 20.6. The maximum absolute atomic E-state index is 12.9. The van der Waals surface area contributed by atoms with E-state index in [-0.39, 0.29) is 31.5 Å².